The zero-order chi connectivity index (χ0) is 24.4. The van der Waals surface area contributed by atoms with Gasteiger partial charge < -0.3 is 9.88 Å². The number of carbonyl (C=O) groups excluding carboxylic acids is 1. The zero-order valence-electron chi connectivity index (χ0n) is 20.0. The maximum absolute atomic E-state index is 13.1. The molecule has 176 valence electrons. The number of nitrogens with one attached hydrogen (secondary N) is 1. The number of pyridine rings is 1. The number of aryl methyl sites for hydroxylation is 2. The predicted octanol–water partition coefficient (Wildman–Crippen LogP) is 3.88. The molecule has 0 fully saturated rings. The van der Waals surface area contributed by atoms with Crippen LogP contribution in [-0.4, -0.2) is 35.8 Å². The van der Waals surface area contributed by atoms with Crippen LogP contribution in [0.15, 0.2) is 52.5 Å². The second-order valence-corrected chi connectivity index (χ2v) is 9.56. The van der Waals surface area contributed by atoms with E-state index >= 15 is 0 Å². The van der Waals surface area contributed by atoms with Crippen molar-refractivity contribution in [1.29, 1.82) is 0 Å². The van der Waals surface area contributed by atoms with Crippen LogP contribution in [0.3, 0.4) is 0 Å². The van der Waals surface area contributed by atoms with Crippen molar-refractivity contribution in [2.75, 3.05) is 11.1 Å². The molecule has 1 N–H and O–H groups in total. The van der Waals surface area contributed by atoms with Crippen molar-refractivity contribution in [3.8, 4) is 0 Å². The fourth-order valence-corrected chi connectivity index (χ4v) is 4.44. The average Bonchev–Trinajstić information content (AvgIpc) is 3.15. The molecular weight excluding hydrogens is 448 g/mol. The van der Waals surface area contributed by atoms with E-state index in [1.54, 1.807) is 10.6 Å². The van der Waals surface area contributed by atoms with Crippen LogP contribution in [0, 0.1) is 13.8 Å². The number of carbonyl (C=O) groups is 1. The smallest absolute Gasteiger partial charge is 0.261 e. The van der Waals surface area contributed by atoms with Crippen LogP contribution < -0.4 is 10.9 Å². The summed E-state index contributed by atoms with van der Waals surface area (Å²) in [6.07, 6.45) is 2.04. The molecule has 4 rings (SSSR count). The zero-order valence-corrected chi connectivity index (χ0v) is 20.8. The van der Waals surface area contributed by atoms with Gasteiger partial charge in [0.15, 0.2) is 5.16 Å². The summed E-state index contributed by atoms with van der Waals surface area (Å²) >= 11 is 1.31. The van der Waals surface area contributed by atoms with Gasteiger partial charge >= 0.3 is 0 Å². The van der Waals surface area contributed by atoms with Crippen molar-refractivity contribution in [2.45, 2.75) is 45.2 Å². The second-order valence-electron chi connectivity index (χ2n) is 8.61. The molecule has 8 nitrogen and oxygen atoms in total. The molecule has 0 unspecified atom stereocenters. The first kappa shape index (κ1) is 23.7. The van der Waals surface area contributed by atoms with Crippen molar-refractivity contribution in [3.05, 3.63) is 81.2 Å². The van der Waals surface area contributed by atoms with E-state index in [1.807, 2.05) is 61.9 Å². The molecule has 3 heterocycles. The molecule has 4 aromatic rings. The lowest BCUT2D eigenvalue weighted by atomic mass is 10.0. The largest absolute Gasteiger partial charge is 0.325 e. The number of nitrogens with zero attached hydrogens (tertiary/aromatic N) is 5. The Labute approximate surface area is 202 Å². The van der Waals surface area contributed by atoms with Gasteiger partial charge in [-0.1, -0.05) is 43.8 Å². The highest BCUT2D eigenvalue weighted by molar-refractivity contribution is 7.99. The summed E-state index contributed by atoms with van der Waals surface area (Å²) < 4.78 is 3.39. The minimum atomic E-state index is -0.116. The quantitative estimate of drug-likeness (QED) is 0.407. The maximum Gasteiger partial charge on any atom is 0.261 e. The van der Waals surface area contributed by atoms with Crippen LogP contribution in [0.25, 0.3) is 5.65 Å². The number of rotatable bonds is 7. The number of hydrogen-bond donors (Lipinski definition) is 1. The first-order valence-electron chi connectivity index (χ1n) is 11.1. The molecule has 0 aliphatic heterocycles. The number of thioether (sulfide) groups is 1. The van der Waals surface area contributed by atoms with Gasteiger partial charge in [0, 0.05) is 36.6 Å². The molecule has 0 aliphatic rings. The Morgan fingerprint density at radius 1 is 1.12 bits per heavy atom. The van der Waals surface area contributed by atoms with Gasteiger partial charge in [-0.2, -0.15) is 0 Å². The molecule has 1 aromatic carbocycles. The van der Waals surface area contributed by atoms with E-state index in [-0.39, 0.29) is 17.2 Å². The Balaban J connectivity index is 1.44. The molecule has 0 spiro atoms. The van der Waals surface area contributed by atoms with Gasteiger partial charge in [-0.15, -0.1) is 10.2 Å². The first-order valence-corrected chi connectivity index (χ1v) is 12.1. The molecule has 0 bridgehead atoms. The van der Waals surface area contributed by atoms with E-state index in [0.717, 1.165) is 11.3 Å². The maximum atomic E-state index is 13.1. The van der Waals surface area contributed by atoms with Crippen LogP contribution >= 0.6 is 11.8 Å². The van der Waals surface area contributed by atoms with Crippen molar-refractivity contribution < 1.29 is 4.79 Å². The van der Waals surface area contributed by atoms with Crippen LogP contribution in [0.5, 0.6) is 0 Å². The summed E-state index contributed by atoms with van der Waals surface area (Å²) in [4.78, 5) is 30.1. The first-order chi connectivity index (χ1) is 16.2. The third-order valence-electron chi connectivity index (χ3n) is 5.80. The van der Waals surface area contributed by atoms with Crippen LogP contribution in [0.4, 0.5) is 5.69 Å². The Hall–Kier alpha value is -3.46. The number of benzene rings is 1. The normalized spacial score (nSPS) is 11.4. The summed E-state index contributed by atoms with van der Waals surface area (Å²) in [5.74, 6) is 1.17. The highest BCUT2D eigenvalue weighted by Crippen LogP contribution is 2.20. The van der Waals surface area contributed by atoms with Gasteiger partial charge in [-0.05, 0) is 49.1 Å². The highest BCUT2D eigenvalue weighted by Gasteiger charge is 2.17. The minimum absolute atomic E-state index is 0.105. The van der Waals surface area contributed by atoms with Crippen molar-refractivity contribution in [3.63, 3.8) is 0 Å². The molecule has 0 saturated carbocycles. The summed E-state index contributed by atoms with van der Waals surface area (Å²) in [7, 11) is 1.84. The van der Waals surface area contributed by atoms with E-state index in [4.69, 9.17) is 0 Å². The Kier molecular flexibility index (Phi) is 6.83. The van der Waals surface area contributed by atoms with Gasteiger partial charge in [-0.25, -0.2) is 4.98 Å². The number of aromatic nitrogens is 5. The number of anilines is 1. The molecule has 0 aliphatic carbocycles. The molecule has 3 aromatic heterocycles. The predicted molar refractivity (Wildman–Crippen MR) is 135 cm³/mol. The average molecular weight is 477 g/mol. The second kappa shape index (κ2) is 9.80. The molecule has 0 saturated heterocycles. The number of amides is 1. The molecule has 0 atom stereocenters. The third kappa shape index (κ3) is 4.89. The summed E-state index contributed by atoms with van der Waals surface area (Å²) in [6.45, 7) is 8.04. The van der Waals surface area contributed by atoms with Gasteiger partial charge in [-0.3, -0.25) is 14.0 Å². The van der Waals surface area contributed by atoms with E-state index in [2.05, 4.69) is 34.3 Å². The standard InChI is InChI=1S/C25H28N6O2S/c1-15(2)18-8-10-19(11-9-18)27-22(32)14-34-25-29-28-21(30(25)5)13-20-17(4)26-23-16(3)7-6-12-31(23)24(20)33/h6-12,15H,13-14H2,1-5H3,(H,27,32). The van der Waals surface area contributed by atoms with Gasteiger partial charge in [0.2, 0.25) is 5.91 Å². The molecule has 1 amide bonds. The fourth-order valence-electron chi connectivity index (χ4n) is 3.71. The minimum Gasteiger partial charge on any atom is -0.325 e. The van der Waals surface area contributed by atoms with E-state index in [1.165, 1.54) is 17.3 Å². The molecule has 9 heteroatoms. The van der Waals surface area contributed by atoms with Gasteiger partial charge in [0.25, 0.3) is 5.56 Å². The third-order valence-corrected chi connectivity index (χ3v) is 6.82. The fraction of sp³-hybridized carbons (Fsp3) is 0.320. The van der Waals surface area contributed by atoms with E-state index < -0.39 is 0 Å². The topological polar surface area (TPSA) is 94.2 Å². The monoisotopic (exact) mass is 476 g/mol. The summed E-state index contributed by atoms with van der Waals surface area (Å²) in [5.41, 5.74) is 4.76. The lowest BCUT2D eigenvalue weighted by Gasteiger charge is -2.10. The SMILES string of the molecule is Cc1nc2c(C)cccn2c(=O)c1Cc1nnc(SCC(=O)Nc2ccc(C(C)C)cc2)n1C. The van der Waals surface area contributed by atoms with Crippen molar-refractivity contribution in [1.82, 2.24) is 24.1 Å². The van der Waals surface area contributed by atoms with E-state index in [0.29, 0.717) is 40.2 Å². The molecule has 0 radical (unpaired) electrons. The lowest BCUT2D eigenvalue weighted by molar-refractivity contribution is -0.113. The number of fused-ring (bicyclic) bond motifs is 1. The highest BCUT2D eigenvalue weighted by atomic mass is 32.2. The lowest BCUT2D eigenvalue weighted by Crippen LogP contribution is -2.23. The van der Waals surface area contributed by atoms with Crippen LogP contribution in [-0.2, 0) is 18.3 Å². The van der Waals surface area contributed by atoms with Crippen molar-refractivity contribution >= 4 is 29.0 Å². The summed E-state index contributed by atoms with van der Waals surface area (Å²) in [5, 5.41) is 12.0. The van der Waals surface area contributed by atoms with Crippen LogP contribution in [0.2, 0.25) is 0 Å². The number of hydrogen-bond acceptors (Lipinski definition) is 6. The van der Waals surface area contributed by atoms with Gasteiger partial charge in [0.1, 0.15) is 11.5 Å². The van der Waals surface area contributed by atoms with Gasteiger partial charge in [0.05, 0.1) is 5.75 Å². The Morgan fingerprint density at radius 2 is 1.85 bits per heavy atom. The molecule has 34 heavy (non-hydrogen) atoms. The van der Waals surface area contributed by atoms with Crippen molar-refractivity contribution in [2.24, 2.45) is 7.05 Å². The summed E-state index contributed by atoms with van der Waals surface area (Å²) in [6, 6.07) is 11.7. The van der Waals surface area contributed by atoms with Crippen LogP contribution in [0.1, 0.15) is 48.0 Å². The molecular formula is C25H28N6O2S. The Bertz CT molecular complexity index is 1410. The van der Waals surface area contributed by atoms with E-state index in [9.17, 15) is 9.59 Å². The Morgan fingerprint density at radius 3 is 2.56 bits per heavy atom.